The predicted octanol–water partition coefficient (Wildman–Crippen LogP) is -0.0692. The Kier molecular flexibility index (Phi) is 3.54. The molecular weight excluding hydrogens is 254 g/mol. The van der Waals surface area contributed by atoms with Crippen molar-refractivity contribution in [3.63, 3.8) is 0 Å². The van der Waals surface area contributed by atoms with E-state index in [9.17, 15) is 8.42 Å². The standard InChI is InChI=1S/C11H19N3O3S/c1-14(2)11-7-9(17-8-4-5-8)6-10(12-11)13-18(3,15)16/h6-8,11-13H,4-5H2,1-3H3. The highest BCUT2D eigenvalue weighted by Crippen LogP contribution is 2.27. The average Bonchev–Trinajstić information content (AvgIpc) is 2.98. The zero-order valence-electron chi connectivity index (χ0n) is 10.8. The summed E-state index contributed by atoms with van der Waals surface area (Å²) in [6.45, 7) is 0. The molecule has 2 N–H and O–H groups in total. The molecule has 1 fully saturated rings. The summed E-state index contributed by atoms with van der Waals surface area (Å²) in [6, 6.07) is 0. The summed E-state index contributed by atoms with van der Waals surface area (Å²) in [7, 11) is 0.527. The molecule has 0 aromatic heterocycles. The second kappa shape index (κ2) is 4.81. The molecule has 0 aromatic carbocycles. The Labute approximate surface area is 108 Å². The smallest absolute Gasteiger partial charge is 0.230 e. The van der Waals surface area contributed by atoms with Gasteiger partial charge in [-0.25, -0.2) is 8.42 Å². The van der Waals surface area contributed by atoms with Crippen LogP contribution in [0.5, 0.6) is 0 Å². The zero-order valence-corrected chi connectivity index (χ0v) is 11.6. The molecular formula is C11H19N3O3S. The van der Waals surface area contributed by atoms with Crippen molar-refractivity contribution in [1.82, 2.24) is 14.9 Å². The van der Waals surface area contributed by atoms with Crippen molar-refractivity contribution < 1.29 is 13.2 Å². The van der Waals surface area contributed by atoms with Gasteiger partial charge < -0.3 is 10.1 Å². The number of rotatable bonds is 5. The van der Waals surface area contributed by atoms with Crippen LogP contribution in [0, 0.1) is 0 Å². The lowest BCUT2D eigenvalue weighted by Gasteiger charge is -2.29. The number of hydrogen-bond acceptors (Lipinski definition) is 5. The van der Waals surface area contributed by atoms with Gasteiger partial charge in [0.15, 0.2) is 0 Å². The summed E-state index contributed by atoms with van der Waals surface area (Å²) in [5.41, 5.74) is 0. The van der Waals surface area contributed by atoms with Crippen LogP contribution in [0.4, 0.5) is 0 Å². The minimum absolute atomic E-state index is 0.0898. The van der Waals surface area contributed by atoms with Gasteiger partial charge in [-0.3, -0.25) is 9.62 Å². The molecule has 7 heteroatoms. The Morgan fingerprint density at radius 2 is 2.11 bits per heavy atom. The lowest BCUT2D eigenvalue weighted by Crippen LogP contribution is -2.45. The van der Waals surface area contributed by atoms with E-state index in [1.54, 1.807) is 6.08 Å². The van der Waals surface area contributed by atoms with Gasteiger partial charge in [0.1, 0.15) is 17.7 Å². The fourth-order valence-electron chi connectivity index (χ4n) is 1.58. The lowest BCUT2D eigenvalue weighted by atomic mass is 10.2. The molecule has 18 heavy (non-hydrogen) atoms. The summed E-state index contributed by atoms with van der Waals surface area (Å²) in [6.07, 6.45) is 7.08. The third-order valence-corrected chi connectivity index (χ3v) is 3.18. The normalized spacial score (nSPS) is 24.1. The molecule has 0 amide bonds. The highest BCUT2D eigenvalue weighted by Gasteiger charge is 2.26. The van der Waals surface area contributed by atoms with Crippen LogP contribution in [0.25, 0.3) is 0 Å². The predicted molar refractivity (Wildman–Crippen MR) is 68.9 cm³/mol. The highest BCUT2D eigenvalue weighted by molar-refractivity contribution is 7.88. The maximum atomic E-state index is 11.3. The largest absolute Gasteiger partial charge is 0.490 e. The van der Waals surface area contributed by atoms with E-state index in [0.717, 1.165) is 19.1 Å². The van der Waals surface area contributed by atoms with E-state index in [-0.39, 0.29) is 12.3 Å². The van der Waals surface area contributed by atoms with E-state index >= 15 is 0 Å². The second-order valence-electron chi connectivity index (χ2n) is 4.87. The molecule has 0 aromatic rings. The fraction of sp³-hybridized carbons (Fsp3) is 0.636. The van der Waals surface area contributed by atoms with Gasteiger partial charge >= 0.3 is 0 Å². The number of nitrogens with one attached hydrogen (secondary N) is 2. The highest BCUT2D eigenvalue weighted by atomic mass is 32.2. The van der Waals surface area contributed by atoms with Gasteiger partial charge in [-0.05, 0) is 33.0 Å². The number of hydrogen-bond donors (Lipinski definition) is 2. The summed E-state index contributed by atoms with van der Waals surface area (Å²) in [5, 5.41) is 3.07. The third-order valence-electron chi connectivity index (χ3n) is 2.59. The molecule has 1 aliphatic carbocycles. The number of ether oxygens (including phenoxy) is 1. The quantitative estimate of drug-likeness (QED) is 0.734. The fourth-order valence-corrected chi connectivity index (χ4v) is 2.09. The zero-order chi connectivity index (χ0) is 13.3. The van der Waals surface area contributed by atoms with Crippen LogP contribution in [0.2, 0.25) is 0 Å². The topological polar surface area (TPSA) is 70.7 Å². The minimum atomic E-state index is -3.29. The summed E-state index contributed by atoms with van der Waals surface area (Å²) >= 11 is 0. The van der Waals surface area contributed by atoms with Crippen molar-refractivity contribution in [2.24, 2.45) is 0 Å². The Balaban J connectivity index is 2.13. The van der Waals surface area contributed by atoms with Gasteiger partial charge in [-0.2, -0.15) is 0 Å². The van der Waals surface area contributed by atoms with Crippen molar-refractivity contribution in [1.29, 1.82) is 0 Å². The van der Waals surface area contributed by atoms with Gasteiger partial charge in [0.2, 0.25) is 10.0 Å². The maximum absolute atomic E-state index is 11.3. The summed E-state index contributed by atoms with van der Waals surface area (Å²) in [5.74, 6) is 1.15. The molecule has 2 aliphatic rings. The number of likely N-dealkylation sites (N-methyl/N-ethyl adjacent to an activating group) is 1. The lowest BCUT2D eigenvalue weighted by molar-refractivity contribution is 0.196. The van der Waals surface area contributed by atoms with Crippen LogP contribution < -0.4 is 10.0 Å². The molecule has 1 unspecified atom stereocenters. The number of nitrogens with zero attached hydrogens (tertiary/aromatic N) is 1. The first-order valence-electron chi connectivity index (χ1n) is 5.84. The van der Waals surface area contributed by atoms with Crippen LogP contribution in [0.3, 0.4) is 0 Å². The molecule has 102 valence electrons. The Bertz CT molecular complexity index is 478. The first-order valence-corrected chi connectivity index (χ1v) is 7.73. The van der Waals surface area contributed by atoms with Crippen LogP contribution in [0.15, 0.2) is 23.7 Å². The van der Waals surface area contributed by atoms with E-state index in [1.807, 2.05) is 25.1 Å². The first kappa shape index (κ1) is 13.2. The van der Waals surface area contributed by atoms with E-state index < -0.39 is 10.0 Å². The Morgan fingerprint density at radius 3 is 2.61 bits per heavy atom. The minimum Gasteiger partial charge on any atom is -0.490 e. The van der Waals surface area contributed by atoms with E-state index in [2.05, 4.69) is 10.0 Å². The SMILES string of the molecule is CN(C)C1C=C(OC2CC2)C=C(NS(C)(=O)=O)N1. The molecule has 0 spiro atoms. The molecule has 1 heterocycles. The van der Waals surface area contributed by atoms with Crippen molar-refractivity contribution in [3.8, 4) is 0 Å². The van der Waals surface area contributed by atoms with Gasteiger partial charge in [0, 0.05) is 6.08 Å². The van der Waals surface area contributed by atoms with E-state index in [0.29, 0.717) is 11.6 Å². The molecule has 0 bridgehead atoms. The van der Waals surface area contributed by atoms with Crippen LogP contribution in [-0.4, -0.2) is 45.9 Å². The molecule has 0 saturated heterocycles. The molecule has 1 aliphatic heterocycles. The van der Waals surface area contributed by atoms with Gasteiger partial charge in [-0.15, -0.1) is 0 Å². The van der Waals surface area contributed by atoms with Crippen molar-refractivity contribution in [2.45, 2.75) is 25.1 Å². The summed E-state index contributed by atoms with van der Waals surface area (Å²) < 4.78 is 30.7. The maximum Gasteiger partial charge on any atom is 0.230 e. The Morgan fingerprint density at radius 1 is 1.44 bits per heavy atom. The molecule has 2 rings (SSSR count). The first-order chi connectivity index (χ1) is 8.33. The van der Waals surface area contributed by atoms with Crippen molar-refractivity contribution in [3.05, 3.63) is 23.7 Å². The summed E-state index contributed by atoms with van der Waals surface area (Å²) in [4.78, 5) is 1.94. The van der Waals surface area contributed by atoms with Crippen molar-refractivity contribution in [2.75, 3.05) is 20.4 Å². The molecule has 1 saturated carbocycles. The van der Waals surface area contributed by atoms with Crippen LogP contribution in [-0.2, 0) is 14.8 Å². The van der Waals surface area contributed by atoms with Crippen molar-refractivity contribution >= 4 is 10.0 Å². The van der Waals surface area contributed by atoms with Gasteiger partial charge in [0.25, 0.3) is 0 Å². The monoisotopic (exact) mass is 273 g/mol. The number of sulfonamides is 1. The van der Waals surface area contributed by atoms with Gasteiger partial charge in [-0.1, -0.05) is 0 Å². The number of dihydropyridines is 1. The van der Waals surface area contributed by atoms with Crippen LogP contribution in [0.1, 0.15) is 12.8 Å². The third kappa shape index (κ3) is 3.92. The Hall–Kier alpha value is -1.21. The molecule has 1 atom stereocenters. The van der Waals surface area contributed by atoms with E-state index in [4.69, 9.17) is 4.74 Å². The van der Waals surface area contributed by atoms with Gasteiger partial charge in [0.05, 0.1) is 12.4 Å². The average molecular weight is 273 g/mol. The molecule has 6 nitrogen and oxygen atoms in total. The van der Waals surface area contributed by atoms with E-state index in [1.165, 1.54) is 0 Å². The number of allylic oxidation sites excluding steroid dienone is 1. The molecule has 0 radical (unpaired) electrons. The second-order valence-corrected chi connectivity index (χ2v) is 6.62. The van der Waals surface area contributed by atoms with Crippen LogP contribution >= 0.6 is 0 Å².